The number of nitrogens with one attached hydrogen (secondary N) is 1. The molecule has 0 aliphatic carbocycles. The van der Waals surface area contributed by atoms with Gasteiger partial charge in [-0.3, -0.25) is 4.79 Å². The predicted octanol–water partition coefficient (Wildman–Crippen LogP) is 1.57. The Morgan fingerprint density at radius 1 is 1.38 bits per heavy atom. The summed E-state index contributed by atoms with van der Waals surface area (Å²) in [5.74, 6) is -1.00. The molecular formula is C13H22N4O3S. The van der Waals surface area contributed by atoms with E-state index in [4.69, 9.17) is 5.11 Å². The Morgan fingerprint density at radius 3 is 2.57 bits per heavy atom. The molecule has 1 rings (SSSR count). The topological polar surface area (TPSA) is 97.1 Å². The number of hydrogen-bond donors (Lipinski definition) is 2. The molecule has 2 N–H and O–H groups in total. The molecule has 7 nitrogen and oxygen atoms in total. The number of hydrogen-bond acceptors (Lipinski definition) is 5. The predicted molar refractivity (Wildman–Crippen MR) is 80.2 cm³/mol. The largest absolute Gasteiger partial charge is 0.480 e. The fourth-order valence-corrected chi connectivity index (χ4v) is 2.60. The molecule has 1 aromatic heterocycles. The van der Waals surface area contributed by atoms with E-state index in [1.807, 2.05) is 32.3 Å². The van der Waals surface area contributed by atoms with Crippen LogP contribution in [0.4, 0.5) is 0 Å². The van der Waals surface area contributed by atoms with E-state index >= 15 is 0 Å². The van der Waals surface area contributed by atoms with Crippen molar-refractivity contribution >= 4 is 23.6 Å². The van der Waals surface area contributed by atoms with Gasteiger partial charge in [0.2, 0.25) is 5.91 Å². The molecule has 0 spiro atoms. The average molecular weight is 314 g/mol. The molecule has 118 valence electrons. The van der Waals surface area contributed by atoms with Gasteiger partial charge in [-0.1, -0.05) is 25.6 Å². The van der Waals surface area contributed by atoms with E-state index in [2.05, 4.69) is 15.5 Å². The minimum absolute atomic E-state index is 0.118. The number of carbonyl (C=O) groups is 2. The maximum atomic E-state index is 11.9. The highest BCUT2D eigenvalue weighted by atomic mass is 32.2. The van der Waals surface area contributed by atoms with Gasteiger partial charge in [0, 0.05) is 6.04 Å². The summed E-state index contributed by atoms with van der Waals surface area (Å²) < 4.78 is 1.86. The number of aromatic nitrogens is 3. The van der Waals surface area contributed by atoms with E-state index in [0.717, 1.165) is 0 Å². The van der Waals surface area contributed by atoms with Crippen molar-refractivity contribution in [3.05, 3.63) is 6.33 Å². The molecule has 1 heterocycles. The molecule has 0 aromatic carbocycles. The summed E-state index contributed by atoms with van der Waals surface area (Å²) in [5.41, 5.74) is 0. The minimum atomic E-state index is -1.01. The van der Waals surface area contributed by atoms with E-state index in [1.54, 1.807) is 6.33 Å². The van der Waals surface area contributed by atoms with Crippen molar-refractivity contribution in [3.63, 3.8) is 0 Å². The Hall–Kier alpha value is -1.57. The third-order valence-corrected chi connectivity index (χ3v) is 3.73. The number of nitrogens with zero attached hydrogens (tertiary/aromatic N) is 3. The van der Waals surface area contributed by atoms with Crippen LogP contribution < -0.4 is 5.32 Å². The number of carboxylic acid groups (broad SMARTS) is 1. The van der Waals surface area contributed by atoms with Crippen molar-refractivity contribution in [1.82, 2.24) is 20.1 Å². The monoisotopic (exact) mass is 314 g/mol. The molecule has 1 atom stereocenters. The van der Waals surface area contributed by atoms with Gasteiger partial charge >= 0.3 is 5.97 Å². The lowest BCUT2D eigenvalue weighted by Gasteiger charge is -2.16. The Balaban J connectivity index is 2.53. The van der Waals surface area contributed by atoms with Crippen LogP contribution in [-0.2, 0) is 9.59 Å². The first kappa shape index (κ1) is 17.5. The Labute approximate surface area is 128 Å². The van der Waals surface area contributed by atoms with Crippen LogP contribution in [0.1, 0.15) is 40.2 Å². The Bertz CT molecular complexity index is 488. The van der Waals surface area contributed by atoms with Gasteiger partial charge in [0.25, 0.3) is 0 Å². The van der Waals surface area contributed by atoms with E-state index in [9.17, 15) is 9.59 Å². The smallest absolute Gasteiger partial charge is 0.326 e. The summed E-state index contributed by atoms with van der Waals surface area (Å²) in [5, 5.41) is 20.1. The van der Waals surface area contributed by atoms with Crippen LogP contribution in [0.25, 0.3) is 0 Å². The molecule has 0 aliphatic rings. The molecule has 1 aromatic rings. The number of aliphatic carboxylic acids is 1. The van der Waals surface area contributed by atoms with Gasteiger partial charge in [-0.15, -0.1) is 10.2 Å². The fraction of sp³-hybridized carbons (Fsp3) is 0.692. The molecule has 0 fully saturated rings. The lowest BCUT2D eigenvalue weighted by Crippen LogP contribution is -2.42. The normalized spacial score (nSPS) is 12.7. The van der Waals surface area contributed by atoms with E-state index in [1.165, 1.54) is 11.8 Å². The summed E-state index contributed by atoms with van der Waals surface area (Å²) in [7, 11) is 0. The number of thioether (sulfide) groups is 1. The second-order valence-corrected chi connectivity index (χ2v) is 6.43. The maximum Gasteiger partial charge on any atom is 0.326 e. The van der Waals surface area contributed by atoms with Crippen LogP contribution in [0.15, 0.2) is 11.5 Å². The molecule has 8 heteroatoms. The average Bonchev–Trinajstić information content (AvgIpc) is 2.83. The first-order valence-electron chi connectivity index (χ1n) is 6.85. The van der Waals surface area contributed by atoms with Crippen LogP contribution >= 0.6 is 11.8 Å². The van der Waals surface area contributed by atoms with Crippen LogP contribution in [0.3, 0.4) is 0 Å². The van der Waals surface area contributed by atoms with Gasteiger partial charge in [0.05, 0.1) is 5.75 Å². The first-order valence-corrected chi connectivity index (χ1v) is 7.84. The fourth-order valence-electron chi connectivity index (χ4n) is 1.75. The van der Waals surface area contributed by atoms with Crippen molar-refractivity contribution in [3.8, 4) is 0 Å². The van der Waals surface area contributed by atoms with Gasteiger partial charge in [-0.25, -0.2) is 4.79 Å². The number of carbonyl (C=O) groups excluding carboxylic acids is 1. The highest BCUT2D eigenvalue weighted by Crippen LogP contribution is 2.18. The third-order valence-electron chi connectivity index (χ3n) is 2.77. The summed E-state index contributed by atoms with van der Waals surface area (Å²) in [4.78, 5) is 23.0. The zero-order chi connectivity index (χ0) is 16.0. The molecule has 0 bridgehead atoms. The second kappa shape index (κ2) is 8.02. The number of amides is 1. The highest BCUT2D eigenvalue weighted by Gasteiger charge is 2.21. The molecular weight excluding hydrogens is 292 g/mol. The molecule has 0 aliphatic heterocycles. The molecule has 1 unspecified atom stereocenters. The van der Waals surface area contributed by atoms with Gasteiger partial charge in [-0.05, 0) is 26.2 Å². The SMILES string of the molecule is CC(C)CC(NC(=O)CSc1nncn1C(C)C)C(=O)O. The molecule has 0 saturated carbocycles. The molecule has 21 heavy (non-hydrogen) atoms. The van der Waals surface area contributed by atoms with E-state index in [-0.39, 0.29) is 23.6 Å². The molecule has 0 saturated heterocycles. The van der Waals surface area contributed by atoms with Crippen molar-refractivity contribution in [1.29, 1.82) is 0 Å². The van der Waals surface area contributed by atoms with Crippen molar-refractivity contribution in [2.45, 2.75) is 51.4 Å². The van der Waals surface area contributed by atoms with Gasteiger partial charge in [0.15, 0.2) is 5.16 Å². The van der Waals surface area contributed by atoms with Crippen LogP contribution in [0, 0.1) is 5.92 Å². The van der Waals surface area contributed by atoms with Gasteiger partial charge in [0.1, 0.15) is 12.4 Å². The summed E-state index contributed by atoms with van der Waals surface area (Å²) in [6, 6.07) is -0.640. The summed E-state index contributed by atoms with van der Waals surface area (Å²) >= 11 is 1.25. The van der Waals surface area contributed by atoms with Gasteiger partial charge < -0.3 is 15.0 Å². The lowest BCUT2D eigenvalue weighted by molar-refractivity contribution is -0.141. The maximum absolute atomic E-state index is 11.9. The Kier molecular flexibility index (Phi) is 6.67. The molecule has 0 radical (unpaired) electrons. The summed E-state index contributed by atoms with van der Waals surface area (Å²) in [6.07, 6.45) is 2.03. The van der Waals surface area contributed by atoms with Crippen LogP contribution in [0.5, 0.6) is 0 Å². The quantitative estimate of drug-likeness (QED) is 0.707. The molecule has 1 amide bonds. The van der Waals surface area contributed by atoms with E-state index in [0.29, 0.717) is 11.6 Å². The van der Waals surface area contributed by atoms with Crippen molar-refractivity contribution in [2.24, 2.45) is 5.92 Å². The third kappa shape index (κ3) is 5.74. The standard InChI is InChI=1S/C13H22N4O3S/c1-8(2)5-10(12(19)20)15-11(18)6-21-13-16-14-7-17(13)9(3)4/h7-10H,5-6H2,1-4H3,(H,15,18)(H,19,20). The van der Waals surface area contributed by atoms with E-state index < -0.39 is 12.0 Å². The lowest BCUT2D eigenvalue weighted by atomic mass is 10.0. The van der Waals surface area contributed by atoms with Crippen molar-refractivity contribution < 1.29 is 14.7 Å². The number of carboxylic acids is 1. The van der Waals surface area contributed by atoms with Crippen LogP contribution in [-0.4, -0.2) is 43.5 Å². The first-order chi connectivity index (χ1) is 9.81. The zero-order valence-electron chi connectivity index (χ0n) is 12.7. The minimum Gasteiger partial charge on any atom is -0.480 e. The Morgan fingerprint density at radius 2 is 2.05 bits per heavy atom. The second-order valence-electron chi connectivity index (χ2n) is 5.49. The van der Waals surface area contributed by atoms with Gasteiger partial charge in [-0.2, -0.15) is 0 Å². The van der Waals surface area contributed by atoms with Crippen LogP contribution in [0.2, 0.25) is 0 Å². The van der Waals surface area contributed by atoms with Crippen molar-refractivity contribution in [2.75, 3.05) is 5.75 Å². The highest BCUT2D eigenvalue weighted by molar-refractivity contribution is 7.99. The number of rotatable bonds is 8. The zero-order valence-corrected chi connectivity index (χ0v) is 13.6. The summed E-state index contributed by atoms with van der Waals surface area (Å²) in [6.45, 7) is 7.83.